The van der Waals surface area contributed by atoms with Crippen LogP contribution in [-0.2, 0) is 9.53 Å². The first-order valence-corrected chi connectivity index (χ1v) is 5.02. The maximum atomic E-state index is 11.3. The predicted molar refractivity (Wildman–Crippen MR) is 51.9 cm³/mol. The molecule has 0 aromatic heterocycles. The molecule has 68 valence electrons. The largest absolute Gasteiger partial charge is 0.369 e. The van der Waals surface area contributed by atoms with Crippen molar-refractivity contribution in [2.45, 2.75) is 6.04 Å². The zero-order chi connectivity index (χ0) is 8.55. The van der Waals surface area contributed by atoms with E-state index in [2.05, 4.69) is 26.0 Å². The lowest BCUT2D eigenvalue weighted by atomic mass is 10.2. The number of carbonyl (C=O) groups is 1. The molecule has 0 unspecified atom stereocenters. The molecule has 0 bridgehead atoms. The van der Waals surface area contributed by atoms with Crippen molar-refractivity contribution in [2.24, 2.45) is 0 Å². The molecule has 1 atom stereocenters. The van der Waals surface area contributed by atoms with Gasteiger partial charge in [-0.3, -0.25) is 4.79 Å². The fraction of sp³-hybridized carbons (Fsp3) is 0.857. The number of rotatable bonds is 0. The Morgan fingerprint density at radius 2 is 2.33 bits per heavy atom. The van der Waals surface area contributed by atoms with E-state index in [1.54, 1.807) is 0 Å². The van der Waals surface area contributed by atoms with Crippen molar-refractivity contribution < 1.29 is 9.53 Å². The standard InChI is InChI=1S/C7H11IN2O2/c8-9-1-2-10-6(3-9)4-12-5-7(10)11/h6H,1-5H2/t6-/m0/s1. The molecular weight excluding hydrogens is 271 g/mol. The topological polar surface area (TPSA) is 32.8 Å². The van der Waals surface area contributed by atoms with Crippen molar-refractivity contribution in [3.05, 3.63) is 0 Å². The Labute approximate surface area is 85.3 Å². The summed E-state index contributed by atoms with van der Waals surface area (Å²) in [6, 6.07) is 0.289. The lowest BCUT2D eigenvalue weighted by Gasteiger charge is -2.41. The molecule has 2 rings (SSSR count). The predicted octanol–water partition coefficient (Wildman–Crippen LogP) is -0.121. The molecule has 0 saturated carbocycles. The van der Waals surface area contributed by atoms with Crippen LogP contribution < -0.4 is 0 Å². The number of halogens is 1. The van der Waals surface area contributed by atoms with Crippen LogP contribution in [0.5, 0.6) is 0 Å². The summed E-state index contributed by atoms with van der Waals surface area (Å²) in [7, 11) is 0. The van der Waals surface area contributed by atoms with Gasteiger partial charge in [0.25, 0.3) is 0 Å². The molecule has 0 spiro atoms. The lowest BCUT2D eigenvalue weighted by Crippen LogP contribution is -2.58. The van der Waals surface area contributed by atoms with Gasteiger partial charge in [-0.15, -0.1) is 0 Å². The number of piperazine rings is 1. The molecule has 0 aliphatic carbocycles. The summed E-state index contributed by atoms with van der Waals surface area (Å²) in [5.41, 5.74) is 0. The maximum Gasteiger partial charge on any atom is 0.248 e. The second-order valence-corrected chi connectivity index (χ2v) is 4.49. The summed E-state index contributed by atoms with van der Waals surface area (Å²) >= 11 is 2.29. The molecule has 0 N–H and O–H groups in total. The Kier molecular flexibility index (Phi) is 2.52. The Balaban J connectivity index is 2.04. The number of nitrogens with zero attached hydrogens (tertiary/aromatic N) is 2. The lowest BCUT2D eigenvalue weighted by molar-refractivity contribution is -0.150. The highest BCUT2D eigenvalue weighted by Crippen LogP contribution is 2.16. The van der Waals surface area contributed by atoms with Crippen LogP contribution in [-0.4, -0.2) is 52.8 Å². The van der Waals surface area contributed by atoms with Crippen LogP contribution in [0.1, 0.15) is 0 Å². The smallest absolute Gasteiger partial charge is 0.248 e. The summed E-state index contributed by atoms with van der Waals surface area (Å²) in [5.74, 6) is 0.149. The minimum atomic E-state index is 0.149. The van der Waals surface area contributed by atoms with Crippen molar-refractivity contribution in [3.63, 3.8) is 0 Å². The third-order valence-electron chi connectivity index (χ3n) is 2.29. The summed E-state index contributed by atoms with van der Waals surface area (Å²) < 4.78 is 7.39. The minimum absolute atomic E-state index is 0.149. The monoisotopic (exact) mass is 282 g/mol. The zero-order valence-electron chi connectivity index (χ0n) is 6.70. The number of ether oxygens (including phenoxy) is 1. The van der Waals surface area contributed by atoms with Crippen LogP contribution >= 0.6 is 22.9 Å². The molecule has 4 nitrogen and oxygen atoms in total. The highest BCUT2D eigenvalue weighted by molar-refractivity contribution is 14.1. The summed E-state index contributed by atoms with van der Waals surface area (Å²) in [6.07, 6.45) is 0. The van der Waals surface area contributed by atoms with Crippen LogP contribution in [0.15, 0.2) is 0 Å². The second-order valence-electron chi connectivity index (χ2n) is 3.12. The van der Waals surface area contributed by atoms with Gasteiger partial charge in [0.15, 0.2) is 0 Å². The van der Waals surface area contributed by atoms with Crippen LogP contribution in [0.3, 0.4) is 0 Å². The van der Waals surface area contributed by atoms with Gasteiger partial charge in [-0.1, -0.05) is 0 Å². The van der Waals surface area contributed by atoms with Gasteiger partial charge in [0.1, 0.15) is 6.61 Å². The second kappa shape index (κ2) is 3.47. The quantitative estimate of drug-likeness (QED) is 0.459. The summed E-state index contributed by atoms with van der Waals surface area (Å²) in [4.78, 5) is 13.3. The number of fused-ring (bicyclic) bond motifs is 1. The van der Waals surface area contributed by atoms with E-state index in [-0.39, 0.29) is 18.6 Å². The highest BCUT2D eigenvalue weighted by atomic mass is 127. The molecule has 2 saturated heterocycles. The van der Waals surface area contributed by atoms with Gasteiger partial charge in [-0.25, -0.2) is 3.11 Å². The number of carbonyl (C=O) groups excluding carboxylic acids is 1. The molecule has 2 heterocycles. The van der Waals surface area contributed by atoms with Crippen LogP contribution in [0, 0.1) is 0 Å². The average Bonchev–Trinajstić information content (AvgIpc) is 2.04. The van der Waals surface area contributed by atoms with Gasteiger partial charge in [-0.2, -0.15) is 0 Å². The van der Waals surface area contributed by atoms with Gasteiger partial charge >= 0.3 is 0 Å². The highest BCUT2D eigenvalue weighted by Gasteiger charge is 2.32. The van der Waals surface area contributed by atoms with Crippen molar-refractivity contribution in [1.82, 2.24) is 8.01 Å². The van der Waals surface area contributed by atoms with Gasteiger partial charge in [0, 0.05) is 42.5 Å². The molecule has 2 aliphatic heterocycles. The third-order valence-corrected chi connectivity index (χ3v) is 3.17. The first-order chi connectivity index (χ1) is 5.77. The number of amides is 1. The van der Waals surface area contributed by atoms with Crippen molar-refractivity contribution in [1.29, 1.82) is 0 Å². The molecule has 0 aromatic rings. The maximum absolute atomic E-state index is 11.3. The average molecular weight is 282 g/mol. The van der Waals surface area contributed by atoms with E-state index in [9.17, 15) is 4.79 Å². The third kappa shape index (κ3) is 1.57. The minimum Gasteiger partial charge on any atom is -0.369 e. The van der Waals surface area contributed by atoms with Gasteiger partial charge < -0.3 is 9.64 Å². The fourth-order valence-electron chi connectivity index (χ4n) is 1.65. The van der Waals surface area contributed by atoms with E-state index in [0.717, 1.165) is 19.6 Å². The van der Waals surface area contributed by atoms with E-state index in [1.807, 2.05) is 4.90 Å². The molecule has 0 radical (unpaired) electrons. The molecule has 2 fully saturated rings. The molecule has 5 heteroatoms. The van der Waals surface area contributed by atoms with E-state index in [1.165, 1.54) is 0 Å². The molecular formula is C7H11IN2O2. The van der Waals surface area contributed by atoms with E-state index in [4.69, 9.17) is 4.74 Å². The van der Waals surface area contributed by atoms with Gasteiger partial charge in [0.05, 0.1) is 12.6 Å². The number of morpholine rings is 1. The fourth-order valence-corrected chi connectivity index (χ4v) is 2.32. The van der Waals surface area contributed by atoms with Gasteiger partial charge in [0.2, 0.25) is 5.91 Å². The molecule has 0 aromatic carbocycles. The first-order valence-electron chi connectivity index (χ1n) is 4.05. The zero-order valence-corrected chi connectivity index (χ0v) is 8.86. The van der Waals surface area contributed by atoms with Crippen LogP contribution in [0.2, 0.25) is 0 Å². The molecule has 12 heavy (non-hydrogen) atoms. The summed E-state index contributed by atoms with van der Waals surface area (Å²) in [6.45, 7) is 3.74. The normalized spacial score (nSPS) is 31.9. The van der Waals surface area contributed by atoms with Crippen molar-refractivity contribution in [3.8, 4) is 0 Å². The Morgan fingerprint density at radius 1 is 1.50 bits per heavy atom. The Bertz CT molecular complexity index is 200. The van der Waals surface area contributed by atoms with Crippen LogP contribution in [0.25, 0.3) is 0 Å². The number of hydrogen-bond acceptors (Lipinski definition) is 3. The van der Waals surface area contributed by atoms with E-state index < -0.39 is 0 Å². The SMILES string of the molecule is O=C1COC[C@@H]2CN(I)CCN12. The van der Waals surface area contributed by atoms with Gasteiger partial charge in [-0.05, 0) is 0 Å². The van der Waals surface area contributed by atoms with Crippen LogP contribution in [0.4, 0.5) is 0 Å². The van der Waals surface area contributed by atoms with E-state index >= 15 is 0 Å². The van der Waals surface area contributed by atoms with Crippen molar-refractivity contribution in [2.75, 3.05) is 32.8 Å². The molecule has 2 aliphatic rings. The number of hydrogen-bond donors (Lipinski definition) is 0. The Hall–Kier alpha value is 0.120. The Morgan fingerprint density at radius 3 is 3.17 bits per heavy atom. The van der Waals surface area contributed by atoms with Crippen molar-refractivity contribution >= 4 is 28.8 Å². The van der Waals surface area contributed by atoms with E-state index in [0.29, 0.717) is 6.61 Å². The first kappa shape index (κ1) is 8.71. The summed E-state index contributed by atoms with van der Waals surface area (Å²) in [5, 5.41) is 0. The molecule has 1 amide bonds.